The van der Waals surface area contributed by atoms with Gasteiger partial charge in [-0.3, -0.25) is 0 Å². The summed E-state index contributed by atoms with van der Waals surface area (Å²) in [5.74, 6) is 0.812. The summed E-state index contributed by atoms with van der Waals surface area (Å²) >= 11 is 0. The van der Waals surface area contributed by atoms with E-state index in [2.05, 4.69) is 44.3 Å². The van der Waals surface area contributed by atoms with Gasteiger partial charge in [-0.05, 0) is 43.7 Å². The maximum absolute atomic E-state index is 11.6. The zero-order valence-corrected chi connectivity index (χ0v) is 20.3. The Labute approximate surface area is 200 Å². The molecule has 0 amide bonds. The van der Waals surface area contributed by atoms with Crippen LogP contribution in [-0.2, 0) is 9.84 Å². The largest absolute Gasteiger partial charge is 0.474 e. The van der Waals surface area contributed by atoms with E-state index >= 15 is 0 Å². The molecule has 0 N–H and O–H groups in total. The molecule has 0 spiro atoms. The molecule has 0 radical (unpaired) electrons. The lowest BCUT2D eigenvalue weighted by Crippen LogP contribution is -2.38. The first-order valence-corrected chi connectivity index (χ1v) is 13.0. The van der Waals surface area contributed by atoms with Gasteiger partial charge in [-0.1, -0.05) is 35.5 Å². The van der Waals surface area contributed by atoms with E-state index in [1.54, 1.807) is 31.2 Å². The fourth-order valence-corrected chi connectivity index (χ4v) is 4.40. The van der Waals surface area contributed by atoms with E-state index in [4.69, 9.17) is 9.57 Å². The summed E-state index contributed by atoms with van der Waals surface area (Å²) < 4.78 is 29.5. The molecule has 0 unspecified atom stereocenters. The van der Waals surface area contributed by atoms with Crippen molar-refractivity contribution in [3.8, 4) is 11.8 Å². The van der Waals surface area contributed by atoms with Crippen LogP contribution < -0.4 is 14.5 Å². The van der Waals surface area contributed by atoms with Crippen molar-refractivity contribution in [2.24, 2.45) is 5.16 Å². The third kappa shape index (κ3) is 5.72. The number of anilines is 1. The van der Waals surface area contributed by atoms with Crippen LogP contribution in [0.5, 0.6) is 11.8 Å². The second-order valence-corrected chi connectivity index (χ2v) is 10.3. The lowest BCUT2D eigenvalue weighted by atomic mass is 10.1. The Hall–Kier alpha value is -3.46. The molecule has 178 valence electrons. The molecule has 0 saturated carbocycles. The zero-order chi connectivity index (χ0) is 24.1. The predicted molar refractivity (Wildman–Crippen MR) is 131 cm³/mol. The fraction of sp³-hybridized carbons (Fsp3) is 0.320. The van der Waals surface area contributed by atoms with E-state index in [0.717, 1.165) is 31.5 Å². The Bertz CT molecular complexity index is 1250. The van der Waals surface area contributed by atoms with Gasteiger partial charge in [0.05, 0.1) is 16.2 Å². The van der Waals surface area contributed by atoms with E-state index in [0.29, 0.717) is 23.0 Å². The SMILES string of the molecule is CC(=NOc1ncnc(OC2CCN(c3ccccc3)CC2)c1C)c1ccc(S(C)(=O)=O)cc1. The van der Waals surface area contributed by atoms with Gasteiger partial charge in [0, 0.05) is 37.9 Å². The Balaban J connectivity index is 1.38. The molecule has 0 bridgehead atoms. The summed E-state index contributed by atoms with van der Waals surface area (Å²) in [5.41, 5.74) is 3.25. The first kappa shape index (κ1) is 23.7. The molecule has 1 aliphatic heterocycles. The lowest BCUT2D eigenvalue weighted by molar-refractivity contribution is 0.161. The normalized spacial score (nSPS) is 15.3. The summed E-state index contributed by atoms with van der Waals surface area (Å²) in [4.78, 5) is 16.7. The molecule has 34 heavy (non-hydrogen) atoms. The quantitative estimate of drug-likeness (QED) is 0.372. The first-order valence-electron chi connectivity index (χ1n) is 11.1. The van der Waals surface area contributed by atoms with Crippen molar-refractivity contribution < 1.29 is 18.0 Å². The molecule has 1 saturated heterocycles. The highest BCUT2D eigenvalue weighted by atomic mass is 32.2. The van der Waals surface area contributed by atoms with Gasteiger partial charge in [0.15, 0.2) is 9.84 Å². The number of oxime groups is 1. The minimum absolute atomic E-state index is 0.0695. The Morgan fingerprint density at radius 3 is 2.29 bits per heavy atom. The summed E-state index contributed by atoms with van der Waals surface area (Å²) in [6, 6.07) is 16.9. The van der Waals surface area contributed by atoms with Crippen molar-refractivity contribution in [2.75, 3.05) is 24.2 Å². The highest BCUT2D eigenvalue weighted by molar-refractivity contribution is 7.90. The Morgan fingerprint density at radius 2 is 1.65 bits per heavy atom. The van der Waals surface area contributed by atoms with E-state index in [9.17, 15) is 8.42 Å². The number of para-hydroxylation sites is 1. The van der Waals surface area contributed by atoms with Gasteiger partial charge in [0.2, 0.25) is 5.88 Å². The average molecular weight is 481 g/mol. The van der Waals surface area contributed by atoms with Crippen LogP contribution in [0.25, 0.3) is 0 Å². The van der Waals surface area contributed by atoms with Gasteiger partial charge in [-0.2, -0.15) is 4.98 Å². The summed E-state index contributed by atoms with van der Waals surface area (Å²) in [5, 5.41) is 4.16. The second kappa shape index (κ2) is 10.2. The monoisotopic (exact) mass is 480 g/mol. The van der Waals surface area contributed by atoms with Gasteiger partial charge in [-0.25, -0.2) is 13.4 Å². The molecule has 2 aromatic carbocycles. The summed E-state index contributed by atoms with van der Waals surface area (Å²) in [6.07, 6.45) is 4.45. The van der Waals surface area contributed by atoms with Crippen molar-refractivity contribution in [3.05, 3.63) is 72.1 Å². The molecular formula is C25H28N4O4S. The van der Waals surface area contributed by atoms with Gasteiger partial charge >= 0.3 is 0 Å². The molecule has 1 aromatic heterocycles. The van der Waals surface area contributed by atoms with Gasteiger partial charge < -0.3 is 14.5 Å². The average Bonchev–Trinajstić information content (AvgIpc) is 2.85. The zero-order valence-electron chi connectivity index (χ0n) is 19.5. The highest BCUT2D eigenvalue weighted by Gasteiger charge is 2.22. The minimum atomic E-state index is -3.25. The molecule has 2 heterocycles. The standard InChI is InChI=1S/C25H28N4O4S/c1-18-24(32-22-13-15-29(16-14-22)21-7-5-4-6-8-21)26-17-27-25(18)33-28-19(2)20-9-11-23(12-10-20)34(3,30)31/h4-12,17,22H,13-16H2,1-3H3. The Morgan fingerprint density at radius 1 is 1.00 bits per heavy atom. The number of sulfone groups is 1. The van der Waals surface area contributed by atoms with Crippen molar-refractivity contribution in [2.45, 2.75) is 37.7 Å². The smallest absolute Gasteiger partial charge is 0.258 e. The van der Waals surface area contributed by atoms with Crippen molar-refractivity contribution in [3.63, 3.8) is 0 Å². The molecule has 0 aliphatic carbocycles. The van der Waals surface area contributed by atoms with Crippen LogP contribution in [0.3, 0.4) is 0 Å². The first-order chi connectivity index (χ1) is 16.3. The molecule has 1 aliphatic rings. The van der Waals surface area contributed by atoms with Crippen LogP contribution in [0, 0.1) is 6.92 Å². The van der Waals surface area contributed by atoms with E-state index in [1.807, 2.05) is 13.0 Å². The summed E-state index contributed by atoms with van der Waals surface area (Å²) in [7, 11) is -3.25. The topological polar surface area (TPSA) is 94.0 Å². The second-order valence-electron chi connectivity index (χ2n) is 8.31. The minimum Gasteiger partial charge on any atom is -0.474 e. The van der Waals surface area contributed by atoms with Crippen molar-refractivity contribution >= 4 is 21.2 Å². The number of aromatic nitrogens is 2. The number of benzene rings is 2. The van der Waals surface area contributed by atoms with Gasteiger partial charge in [0.1, 0.15) is 12.4 Å². The van der Waals surface area contributed by atoms with Crippen molar-refractivity contribution in [1.29, 1.82) is 0 Å². The van der Waals surface area contributed by atoms with Crippen molar-refractivity contribution in [1.82, 2.24) is 9.97 Å². The maximum Gasteiger partial charge on any atom is 0.258 e. The van der Waals surface area contributed by atoms with Crippen LogP contribution in [-0.4, -0.2) is 49.5 Å². The molecule has 0 atom stereocenters. The molecule has 8 nitrogen and oxygen atoms in total. The Kier molecular flexibility index (Phi) is 7.12. The third-order valence-corrected chi connectivity index (χ3v) is 6.93. The maximum atomic E-state index is 11.6. The third-order valence-electron chi connectivity index (χ3n) is 5.80. The molecule has 1 fully saturated rings. The number of rotatable bonds is 7. The summed E-state index contributed by atoms with van der Waals surface area (Å²) in [6.45, 7) is 5.47. The number of ether oxygens (including phenoxy) is 1. The van der Waals surface area contributed by atoms with Crippen LogP contribution in [0.2, 0.25) is 0 Å². The van der Waals surface area contributed by atoms with Crippen LogP contribution >= 0.6 is 0 Å². The van der Waals surface area contributed by atoms with Crippen LogP contribution in [0.1, 0.15) is 30.9 Å². The van der Waals surface area contributed by atoms with E-state index in [-0.39, 0.29) is 11.0 Å². The van der Waals surface area contributed by atoms with Crippen LogP contribution in [0.4, 0.5) is 5.69 Å². The fourth-order valence-electron chi connectivity index (χ4n) is 3.77. The molecular weight excluding hydrogens is 452 g/mol. The van der Waals surface area contributed by atoms with E-state index in [1.165, 1.54) is 18.3 Å². The van der Waals surface area contributed by atoms with Gasteiger partial charge in [-0.15, -0.1) is 0 Å². The molecule has 3 aromatic rings. The highest BCUT2D eigenvalue weighted by Crippen LogP contribution is 2.27. The number of nitrogens with zero attached hydrogens (tertiary/aromatic N) is 4. The number of hydrogen-bond acceptors (Lipinski definition) is 8. The molecule has 9 heteroatoms. The number of piperidine rings is 1. The number of hydrogen-bond donors (Lipinski definition) is 0. The van der Waals surface area contributed by atoms with E-state index < -0.39 is 9.84 Å². The lowest BCUT2D eigenvalue weighted by Gasteiger charge is -2.33. The molecule has 4 rings (SSSR count). The predicted octanol–water partition coefficient (Wildman–Crippen LogP) is 4.04. The van der Waals surface area contributed by atoms with Gasteiger partial charge in [0.25, 0.3) is 5.88 Å². The van der Waals surface area contributed by atoms with Crippen LogP contribution in [0.15, 0.2) is 71.0 Å².